The quantitative estimate of drug-likeness (QED) is 0.882. The topological polar surface area (TPSA) is 61.4 Å². The average molecular weight is 337 g/mol. The first-order chi connectivity index (χ1) is 12.1. The summed E-state index contributed by atoms with van der Waals surface area (Å²) < 4.78 is 0. The van der Waals surface area contributed by atoms with Crippen LogP contribution in [0.15, 0.2) is 42.5 Å². The third kappa shape index (κ3) is 3.72. The van der Waals surface area contributed by atoms with Crippen molar-refractivity contribution in [2.75, 3.05) is 18.4 Å². The predicted molar refractivity (Wildman–Crippen MR) is 98.6 cm³/mol. The summed E-state index contributed by atoms with van der Waals surface area (Å²) in [5.41, 5.74) is 4.24. The zero-order chi connectivity index (χ0) is 17.8. The SMILES string of the molecule is CCN(CC)C(=O)c1cccc(NC(=O)c2ccc3c(c2)CNC3)c1. The van der Waals surface area contributed by atoms with Crippen molar-refractivity contribution in [1.82, 2.24) is 10.2 Å². The lowest BCUT2D eigenvalue weighted by atomic mass is 10.1. The van der Waals surface area contributed by atoms with E-state index in [0.29, 0.717) is 29.9 Å². The Balaban J connectivity index is 1.75. The van der Waals surface area contributed by atoms with Crippen LogP contribution in [0.1, 0.15) is 45.7 Å². The highest BCUT2D eigenvalue weighted by Crippen LogP contribution is 2.19. The van der Waals surface area contributed by atoms with Crippen molar-refractivity contribution in [3.05, 3.63) is 64.7 Å². The van der Waals surface area contributed by atoms with Crippen LogP contribution < -0.4 is 10.6 Å². The minimum atomic E-state index is -0.165. The Kier molecular flexibility index (Phi) is 5.14. The molecule has 0 radical (unpaired) electrons. The van der Waals surface area contributed by atoms with E-state index in [1.165, 1.54) is 5.56 Å². The molecule has 2 amide bonds. The molecule has 2 N–H and O–H groups in total. The average Bonchev–Trinajstić information content (AvgIpc) is 3.10. The first-order valence-corrected chi connectivity index (χ1v) is 8.65. The van der Waals surface area contributed by atoms with Gasteiger partial charge in [0.1, 0.15) is 0 Å². The Labute approximate surface area is 148 Å². The first kappa shape index (κ1) is 17.2. The largest absolute Gasteiger partial charge is 0.339 e. The Hall–Kier alpha value is -2.66. The van der Waals surface area contributed by atoms with Crippen molar-refractivity contribution in [2.24, 2.45) is 0 Å². The van der Waals surface area contributed by atoms with Crippen LogP contribution in [-0.4, -0.2) is 29.8 Å². The zero-order valence-corrected chi connectivity index (χ0v) is 14.6. The van der Waals surface area contributed by atoms with Crippen molar-refractivity contribution in [2.45, 2.75) is 26.9 Å². The number of anilines is 1. The van der Waals surface area contributed by atoms with Gasteiger partial charge < -0.3 is 15.5 Å². The summed E-state index contributed by atoms with van der Waals surface area (Å²) in [5, 5.41) is 6.16. The molecule has 1 aliphatic heterocycles. The van der Waals surface area contributed by atoms with Gasteiger partial charge in [-0.25, -0.2) is 0 Å². The van der Waals surface area contributed by atoms with Crippen LogP contribution in [-0.2, 0) is 13.1 Å². The molecule has 0 atom stereocenters. The number of carbonyl (C=O) groups excluding carboxylic acids is 2. The highest BCUT2D eigenvalue weighted by atomic mass is 16.2. The second-order valence-electron chi connectivity index (χ2n) is 6.10. The number of rotatable bonds is 5. The van der Waals surface area contributed by atoms with E-state index in [9.17, 15) is 9.59 Å². The molecule has 0 aliphatic carbocycles. The lowest BCUT2D eigenvalue weighted by Crippen LogP contribution is -2.30. The van der Waals surface area contributed by atoms with E-state index < -0.39 is 0 Å². The first-order valence-electron chi connectivity index (χ1n) is 8.65. The molecule has 2 aromatic rings. The number of amides is 2. The summed E-state index contributed by atoms with van der Waals surface area (Å²) in [6, 6.07) is 12.8. The molecule has 0 bridgehead atoms. The molecule has 3 rings (SSSR count). The number of fused-ring (bicyclic) bond motifs is 1. The van der Waals surface area contributed by atoms with Gasteiger partial charge in [0.05, 0.1) is 0 Å². The molecule has 5 nitrogen and oxygen atoms in total. The maximum absolute atomic E-state index is 12.5. The zero-order valence-electron chi connectivity index (χ0n) is 14.6. The molecule has 0 spiro atoms. The van der Waals surface area contributed by atoms with Crippen molar-refractivity contribution >= 4 is 17.5 Å². The molecule has 5 heteroatoms. The molecule has 1 heterocycles. The number of hydrogen-bond donors (Lipinski definition) is 2. The Morgan fingerprint density at radius 3 is 2.52 bits per heavy atom. The number of nitrogens with one attached hydrogen (secondary N) is 2. The smallest absolute Gasteiger partial charge is 0.255 e. The molecule has 0 fully saturated rings. The molecular weight excluding hydrogens is 314 g/mol. The summed E-state index contributed by atoms with van der Waals surface area (Å²) in [6.07, 6.45) is 0. The van der Waals surface area contributed by atoms with E-state index in [2.05, 4.69) is 10.6 Å². The lowest BCUT2D eigenvalue weighted by molar-refractivity contribution is 0.0772. The van der Waals surface area contributed by atoms with E-state index in [0.717, 1.165) is 18.7 Å². The number of carbonyl (C=O) groups is 2. The monoisotopic (exact) mass is 337 g/mol. The number of hydrogen-bond acceptors (Lipinski definition) is 3. The molecule has 0 saturated carbocycles. The van der Waals surface area contributed by atoms with Crippen molar-refractivity contribution in [3.8, 4) is 0 Å². The van der Waals surface area contributed by atoms with E-state index in [4.69, 9.17) is 0 Å². The summed E-state index contributed by atoms with van der Waals surface area (Å²) >= 11 is 0. The number of benzene rings is 2. The van der Waals surface area contributed by atoms with Crippen LogP contribution in [0, 0.1) is 0 Å². The highest BCUT2D eigenvalue weighted by molar-refractivity contribution is 6.05. The van der Waals surface area contributed by atoms with Gasteiger partial charge in [0, 0.05) is 43.0 Å². The summed E-state index contributed by atoms with van der Waals surface area (Å²) in [5.74, 6) is -0.188. The van der Waals surface area contributed by atoms with E-state index in [1.54, 1.807) is 29.2 Å². The highest BCUT2D eigenvalue weighted by Gasteiger charge is 2.15. The van der Waals surface area contributed by atoms with Crippen LogP contribution in [0.2, 0.25) is 0 Å². The van der Waals surface area contributed by atoms with Gasteiger partial charge in [-0.2, -0.15) is 0 Å². The maximum atomic E-state index is 12.5. The van der Waals surface area contributed by atoms with Crippen LogP contribution in [0.4, 0.5) is 5.69 Å². The molecule has 2 aromatic carbocycles. The number of nitrogens with zero attached hydrogens (tertiary/aromatic N) is 1. The summed E-state index contributed by atoms with van der Waals surface area (Å²) in [7, 11) is 0. The van der Waals surface area contributed by atoms with Crippen molar-refractivity contribution in [1.29, 1.82) is 0 Å². The molecular formula is C20H23N3O2. The minimum absolute atomic E-state index is 0.0234. The van der Waals surface area contributed by atoms with E-state index >= 15 is 0 Å². The normalized spacial score (nSPS) is 12.6. The fourth-order valence-corrected chi connectivity index (χ4v) is 3.06. The fraction of sp³-hybridized carbons (Fsp3) is 0.300. The summed E-state index contributed by atoms with van der Waals surface area (Å²) in [6.45, 7) is 6.88. The van der Waals surface area contributed by atoms with Gasteiger partial charge in [0.2, 0.25) is 0 Å². The van der Waals surface area contributed by atoms with Crippen LogP contribution in [0.3, 0.4) is 0 Å². The van der Waals surface area contributed by atoms with Crippen LogP contribution in [0.25, 0.3) is 0 Å². The predicted octanol–water partition coefficient (Wildman–Crippen LogP) is 3.02. The molecule has 0 saturated heterocycles. The van der Waals surface area contributed by atoms with Gasteiger partial charge in [0.25, 0.3) is 11.8 Å². The molecule has 0 aromatic heterocycles. The Morgan fingerprint density at radius 2 is 1.76 bits per heavy atom. The minimum Gasteiger partial charge on any atom is -0.339 e. The lowest BCUT2D eigenvalue weighted by Gasteiger charge is -2.19. The molecule has 0 unspecified atom stereocenters. The van der Waals surface area contributed by atoms with Crippen molar-refractivity contribution in [3.63, 3.8) is 0 Å². The third-order valence-electron chi connectivity index (χ3n) is 4.52. The Bertz CT molecular complexity index is 797. The second kappa shape index (κ2) is 7.49. The molecule has 25 heavy (non-hydrogen) atoms. The van der Waals surface area contributed by atoms with Gasteiger partial charge in [-0.05, 0) is 55.3 Å². The standard InChI is InChI=1S/C20H23N3O2/c1-3-23(4-2)20(25)15-6-5-7-18(11-15)22-19(24)14-8-9-16-12-21-13-17(16)10-14/h5-11,21H,3-4,12-13H2,1-2H3,(H,22,24). The summed E-state index contributed by atoms with van der Waals surface area (Å²) in [4.78, 5) is 26.7. The third-order valence-corrected chi connectivity index (χ3v) is 4.52. The van der Waals surface area contributed by atoms with Gasteiger partial charge in [-0.3, -0.25) is 9.59 Å². The van der Waals surface area contributed by atoms with Crippen LogP contribution >= 0.6 is 0 Å². The fourth-order valence-electron chi connectivity index (χ4n) is 3.06. The molecule has 1 aliphatic rings. The van der Waals surface area contributed by atoms with Gasteiger partial charge in [0.15, 0.2) is 0 Å². The van der Waals surface area contributed by atoms with E-state index in [1.807, 2.05) is 32.0 Å². The van der Waals surface area contributed by atoms with Crippen molar-refractivity contribution < 1.29 is 9.59 Å². The molecule has 130 valence electrons. The second-order valence-corrected chi connectivity index (χ2v) is 6.10. The van der Waals surface area contributed by atoms with E-state index in [-0.39, 0.29) is 11.8 Å². The maximum Gasteiger partial charge on any atom is 0.255 e. The van der Waals surface area contributed by atoms with Crippen LogP contribution in [0.5, 0.6) is 0 Å². The Morgan fingerprint density at radius 1 is 1.00 bits per heavy atom. The van der Waals surface area contributed by atoms with Gasteiger partial charge in [-0.1, -0.05) is 12.1 Å². The van der Waals surface area contributed by atoms with Gasteiger partial charge in [-0.15, -0.1) is 0 Å². The van der Waals surface area contributed by atoms with Gasteiger partial charge >= 0.3 is 0 Å².